The van der Waals surface area contributed by atoms with Crippen molar-refractivity contribution in [3.63, 3.8) is 0 Å². The van der Waals surface area contributed by atoms with Gasteiger partial charge in [0.2, 0.25) is 0 Å². The number of rotatable bonds is 6. The molecule has 1 aromatic carbocycles. The average Bonchev–Trinajstić information content (AvgIpc) is 2.81. The fourth-order valence-electron chi connectivity index (χ4n) is 2.34. The summed E-state index contributed by atoms with van der Waals surface area (Å²) in [6, 6.07) is 10.2. The van der Waals surface area contributed by atoms with Crippen LogP contribution in [0.3, 0.4) is 0 Å². The molecular weight excluding hydrogens is 258 g/mol. The Bertz CT molecular complexity index is 504. The molecule has 0 bridgehead atoms. The summed E-state index contributed by atoms with van der Waals surface area (Å²) in [5.41, 5.74) is 2.61. The van der Waals surface area contributed by atoms with Gasteiger partial charge < -0.3 is 5.32 Å². The minimum atomic E-state index is 0.497. The van der Waals surface area contributed by atoms with Gasteiger partial charge in [0.25, 0.3) is 0 Å². The Balaban J connectivity index is 2.04. The second-order valence-electron chi connectivity index (χ2n) is 4.79. The van der Waals surface area contributed by atoms with Gasteiger partial charge in [-0.05, 0) is 49.6 Å². The lowest BCUT2D eigenvalue weighted by Crippen LogP contribution is -2.18. The van der Waals surface area contributed by atoms with Crippen LogP contribution in [0.1, 0.15) is 23.6 Å². The number of aryl methyl sites for hydroxylation is 2. The van der Waals surface area contributed by atoms with Gasteiger partial charge in [-0.1, -0.05) is 23.7 Å². The van der Waals surface area contributed by atoms with Crippen LogP contribution in [0.15, 0.2) is 36.5 Å². The van der Waals surface area contributed by atoms with Gasteiger partial charge in [0.15, 0.2) is 0 Å². The van der Waals surface area contributed by atoms with Crippen molar-refractivity contribution in [2.45, 2.75) is 18.8 Å². The molecule has 1 atom stereocenters. The molecular formula is C15H20ClN3. The van der Waals surface area contributed by atoms with Crippen LogP contribution >= 0.6 is 11.6 Å². The number of nitrogens with one attached hydrogen (secondary N) is 1. The first-order chi connectivity index (χ1) is 9.20. The minimum absolute atomic E-state index is 0.497. The Kier molecular flexibility index (Phi) is 5.00. The van der Waals surface area contributed by atoms with Gasteiger partial charge in [0, 0.05) is 30.5 Å². The largest absolute Gasteiger partial charge is 0.319 e. The molecule has 1 N–H and O–H groups in total. The van der Waals surface area contributed by atoms with Crippen molar-refractivity contribution >= 4 is 11.6 Å². The summed E-state index contributed by atoms with van der Waals surface area (Å²) in [6.45, 7) is 0.972. The maximum absolute atomic E-state index is 5.95. The molecule has 3 nitrogen and oxygen atoms in total. The highest BCUT2D eigenvalue weighted by molar-refractivity contribution is 6.30. The van der Waals surface area contributed by atoms with E-state index in [-0.39, 0.29) is 0 Å². The highest BCUT2D eigenvalue weighted by atomic mass is 35.5. The second-order valence-corrected chi connectivity index (χ2v) is 5.23. The smallest absolute Gasteiger partial charge is 0.0492 e. The van der Waals surface area contributed by atoms with Crippen LogP contribution in [0, 0.1) is 0 Å². The monoisotopic (exact) mass is 277 g/mol. The molecule has 1 aromatic heterocycles. The number of halogens is 1. The third-order valence-corrected chi connectivity index (χ3v) is 3.72. The molecule has 0 radical (unpaired) electrons. The van der Waals surface area contributed by atoms with Crippen LogP contribution in [0.4, 0.5) is 0 Å². The van der Waals surface area contributed by atoms with Crippen molar-refractivity contribution in [3.8, 4) is 0 Å². The zero-order chi connectivity index (χ0) is 13.7. The van der Waals surface area contributed by atoms with Gasteiger partial charge >= 0.3 is 0 Å². The Morgan fingerprint density at radius 1 is 1.26 bits per heavy atom. The molecule has 1 unspecified atom stereocenters. The Hall–Kier alpha value is -1.32. The Labute approximate surface area is 119 Å². The summed E-state index contributed by atoms with van der Waals surface area (Å²) in [4.78, 5) is 0. The van der Waals surface area contributed by atoms with E-state index in [0.717, 1.165) is 24.4 Å². The number of hydrogen-bond donors (Lipinski definition) is 1. The van der Waals surface area contributed by atoms with Gasteiger partial charge in [-0.15, -0.1) is 0 Å². The third kappa shape index (κ3) is 3.82. The van der Waals surface area contributed by atoms with Gasteiger partial charge in [-0.3, -0.25) is 4.68 Å². The van der Waals surface area contributed by atoms with Crippen molar-refractivity contribution in [1.82, 2.24) is 15.1 Å². The van der Waals surface area contributed by atoms with Gasteiger partial charge in [-0.2, -0.15) is 5.10 Å². The van der Waals surface area contributed by atoms with E-state index in [4.69, 9.17) is 11.6 Å². The lowest BCUT2D eigenvalue weighted by molar-refractivity contribution is 0.567. The average molecular weight is 278 g/mol. The molecule has 19 heavy (non-hydrogen) atoms. The van der Waals surface area contributed by atoms with E-state index in [0.29, 0.717) is 5.92 Å². The molecule has 0 aliphatic rings. The van der Waals surface area contributed by atoms with E-state index in [1.54, 1.807) is 0 Å². The molecule has 0 spiro atoms. The predicted octanol–water partition coefficient (Wildman–Crippen LogP) is 3.01. The lowest BCUT2D eigenvalue weighted by Gasteiger charge is -2.17. The third-order valence-electron chi connectivity index (χ3n) is 3.46. The normalized spacial score (nSPS) is 12.6. The van der Waals surface area contributed by atoms with Gasteiger partial charge in [-0.25, -0.2) is 0 Å². The quantitative estimate of drug-likeness (QED) is 0.880. The van der Waals surface area contributed by atoms with E-state index in [1.807, 2.05) is 37.1 Å². The Morgan fingerprint density at radius 3 is 2.58 bits per heavy atom. The maximum atomic E-state index is 5.95. The molecule has 2 aromatic rings. The predicted molar refractivity (Wildman–Crippen MR) is 79.6 cm³/mol. The van der Waals surface area contributed by atoms with Crippen LogP contribution in [-0.4, -0.2) is 23.4 Å². The van der Waals surface area contributed by atoms with Crippen molar-refractivity contribution in [3.05, 3.63) is 52.8 Å². The van der Waals surface area contributed by atoms with Gasteiger partial charge in [0.1, 0.15) is 0 Å². The van der Waals surface area contributed by atoms with E-state index >= 15 is 0 Å². The van der Waals surface area contributed by atoms with Crippen LogP contribution in [0.5, 0.6) is 0 Å². The van der Waals surface area contributed by atoms with Crippen molar-refractivity contribution in [2.75, 3.05) is 13.6 Å². The van der Waals surface area contributed by atoms with E-state index < -0.39 is 0 Å². The van der Waals surface area contributed by atoms with Crippen LogP contribution in [0.25, 0.3) is 0 Å². The standard InChI is InChI=1S/C15H20ClN3/c1-17-11-13(12-3-6-14(16)7-4-12)5-8-15-9-10-18-19(15)2/h3-4,6-7,9-10,13,17H,5,8,11H2,1-2H3. The molecule has 102 valence electrons. The minimum Gasteiger partial charge on any atom is -0.319 e. The summed E-state index contributed by atoms with van der Waals surface area (Å²) >= 11 is 5.95. The van der Waals surface area contributed by atoms with Crippen molar-refractivity contribution in [2.24, 2.45) is 7.05 Å². The number of hydrogen-bond acceptors (Lipinski definition) is 2. The van der Waals surface area contributed by atoms with E-state index in [2.05, 4.69) is 28.6 Å². The van der Waals surface area contributed by atoms with Crippen LogP contribution in [0.2, 0.25) is 5.02 Å². The molecule has 0 aliphatic heterocycles. The molecule has 0 amide bonds. The summed E-state index contributed by atoms with van der Waals surface area (Å²) in [5.74, 6) is 0.497. The first-order valence-corrected chi connectivity index (χ1v) is 6.95. The summed E-state index contributed by atoms with van der Waals surface area (Å²) < 4.78 is 1.94. The summed E-state index contributed by atoms with van der Waals surface area (Å²) in [5, 5.41) is 8.27. The first-order valence-electron chi connectivity index (χ1n) is 6.57. The molecule has 0 fully saturated rings. The molecule has 2 rings (SSSR count). The Morgan fingerprint density at radius 2 is 2.00 bits per heavy atom. The fourth-order valence-corrected chi connectivity index (χ4v) is 2.46. The topological polar surface area (TPSA) is 29.9 Å². The SMILES string of the molecule is CNCC(CCc1ccnn1C)c1ccc(Cl)cc1. The van der Waals surface area contributed by atoms with Crippen molar-refractivity contribution in [1.29, 1.82) is 0 Å². The summed E-state index contributed by atoms with van der Waals surface area (Å²) in [6.07, 6.45) is 3.98. The lowest BCUT2D eigenvalue weighted by atomic mass is 9.93. The van der Waals surface area contributed by atoms with Crippen LogP contribution < -0.4 is 5.32 Å². The number of benzene rings is 1. The number of likely N-dealkylation sites (N-methyl/N-ethyl adjacent to an activating group) is 1. The van der Waals surface area contributed by atoms with E-state index in [9.17, 15) is 0 Å². The first kappa shape index (κ1) is 14.1. The zero-order valence-electron chi connectivity index (χ0n) is 11.4. The molecule has 1 heterocycles. The van der Waals surface area contributed by atoms with E-state index in [1.165, 1.54) is 11.3 Å². The molecule has 0 saturated carbocycles. The highest BCUT2D eigenvalue weighted by Gasteiger charge is 2.12. The van der Waals surface area contributed by atoms with Crippen molar-refractivity contribution < 1.29 is 0 Å². The molecule has 4 heteroatoms. The highest BCUT2D eigenvalue weighted by Crippen LogP contribution is 2.22. The molecule has 0 aliphatic carbocycles. The second kappa shape index (κ2) is 6.73. The number of nitrogens with zero attached hydrogens (tertiary/aromatic N) is 2. The molecule has 0 saturated heterocycles. The van der Waals surface area contributed by atoms with Crippen LogP contribution in [-0.2, 0) is 13.5 Å². The zero-order valence-corrected chi connectivity index (χ0v) is 12.2. The summed E-state index contributed by atoms with van der Waals surface area (Å²) in [7, 11) is 3.98. The fraction of sp³-hybridized carbons (Fsp3) is 0.400. The number of aromatic nitrogens is 2. The maximum Gasteiger partial charge on any atom is 0.0492 e. The van der Waals surface area contributed by atoms with Gasteiger partial charge in [0.05, 0.1) is 0 Å².